The van der Waals surface area contributed by atoms with Gasteiger partial charge in [0.25, 0.3) is 0 Å². The Morgan fingerprint density at radius 3 is 2.24 bits per heavy atom. The molecule has 6 N–H and O–H groups in total. The van der Waals surface area contributed by atoms with Gasteiger partial charge in [-0.3, -0.25) is 9.59 Å². The van der Waals surface area contributed by atoms with Crippen LogP contribution < -0.4 is 5.73 Å². The van der Waals surface area contributed by atoms with Crippen LogP contribution in [-0.2, 0) is 14.3 Å². The van der Waals surface area contributed by atoms with E-state index in [0.717, 1.165) is 0 Å². The van der Waals surface area contributed by atoms with Gasteiger partial charge in [0, 0.05) is 0 Å². The van der Waals surface area contributed by atoms with Crippen molar-refractivity contribution in [1.29, 1.82) is 0 Å². The van der Waals surface area contributed by atoms with Crippen LogP contribution in [-0.4, -0.2) is 69.7 Å². The molecule has 0 saturated carbocycles. The Morgan fingerprint density at radius 2 is 1.88 bits per heavy atom. The Balaban J connectivity index is 4.52. The van der Waals surface area contributed by atoms with Crippen LogP contribution in [0.5, 0.6) is 0 Å². The summed E-state index contributed by atoms with van der Waals surface area (Å²) in [5.74, 6) is -1.10. The van der Waals surface area contributed by atoms with Gasteiger partial charge < -0.3 is 30.9 Å². The number of hydrogen-bond acceptors (Lipinski definition) is 8. The highest BCUT2D eigenvalue weighted by molar-refractivity contribution is 5.78. The van der Waals surface area contributed by atoms with Crippen molar-refractivity contribution < 1.29 is 34.8 Å². The molecule has 0 saturated heterocycles. The summed E-state index contributed by atoms with van der Waals surface area (Å²) in [7, 11) is 0. The van der Waals surface area contributed by atoms with Crippen molar-refractivity contribution in [3.05, 3.63) is 0 Å². The van der Waals surface area contributed by atoms with Crippen LogP contribution in [0, 0.1) is 0 Å². The van der Waals surface area contributed by atoms with Crippen LogP contribution in [0.4, 0.5) is 0 Å². The summed E-state index contributed by atoms with van der Waals surface area (Å²) in [6.07, 6.45) is -6.30. The molecule has 0 aromatic heterocycles. The lowest BCUT2D eigenvalue weighted by atomic mass is 10.0. The van der Waals surface area contributed by atoms with Crippen LogP contribution >= 0.6 is 0 Å². The van der Waals surface area contributed by atoms with Gasteiger partial charge in [0.1, 0.15) is 18.2 Å². The molecule has 0 unspecified atom stereocenters. The zero-order valence-electron chi connectivity index (χ0n) is 9.26. The average molecular weight is 251 g/mol. The summed E-state index contributed by atoms with van der Waals surface area (Å²) in [5, 5.41) is 36.3. The SMILES string of the molecule is C[C@@H](O)[C@H](O)[C@H](O)[C@H](C=O)OC(=O)[C@@H](N)CO. The van der Waals surface area contributed by atoms with Gasteiger partial charge in [0.05, 0.1) is 12.7 Å². The minimum Gasteiger partial charge on any atom is -0.451 e. The standard InChI is InChI=1S/C9H17NO7/c1-4(13)7(14)8(15)6(3-12)17-9(16)5(10)2-11/h3-8,11,13-15H,2,10H2,1H3/t4-,5+,6+,7+,8-/m1/s1. The fourth-order valence-corrected chi connectivity index (χ4v) is 0.954. The molecule has 0 amide bonds. The molecule has 0 rings (SSSR count). The molecule has 8 heteroatoms. The van der Waals surface area contributed by atoms with Crippen LogP contribution in [0.15, 0.2) is 0 Å². The van der Waals surface area contributed by atoms with Crippen LogP contribution in [0.1, 0.15) is 6.92 Å². The predicted molar refractivity (Wildman–Crippen MR) is 54.7 cm³/mol. The molecule has 17 heavy (non-hydrogen) atoms. The summed E-state index contributed by atoms with van der Waals surface area (Å²) < 4.78 is 4.47. The van der Waals surface area contributed by atoms with Gasteiger partial charge in [-0.1, -0.05) is 0 Å². The van der Waals surface area contributed by atoms with E-state index in [1.807, 2.05) is 0 Å². The van der Waals surface area contributed by atoms with E-state index in [1.165, 1.54) is 6.92 Å². The van der Waals surface area contributed by atoms with Crippen molar-refractivity contribution in [3.8, 4) is 0 Å². The third kappa shape index (κ3) is 4.75. The molecular weight excluding hydrogens is 234 g/mol. The predicted octanol–water partition coefficient (Wildman–Crippen LogP) is -3.48. The Hall–Kier alpha value is -1.06. The Morgan fingerprint density at radius 1 is 1.35 bits per heavy atom. The van der Waals surface area contributed by atoms with Gasteiger partial charge in [0.15, 0.2) is 12.4 Å². The number of aliphatic hydroxyl groups is 4. The van der Waals surface area contributed by atoms with Gasteiger partial charge in [0.2, 0.25) is 0 Å². The first-order chi connectivity index (χ1) is 7.84. The maximum Gasteiger partial charge on any atom is 0.326 e. The average Bonchev–Trinajstić information content (AvgIpc) is 2.32. The quantitative estimate of drug-likeness (QED) is 0.231. The molecule has 0 bridgehead atoms. The van der Waals surface area contributed by atoms with Gasteiger partial charge >= 0.3 is 5.97 Å². The van der Waals surface area contributed by atoms with Crippen molar-refractivity contribution in [1.82, 2.24) is 0 Å². The molecule has 100 valence electrons. The Labute approximate surface area is 97.6 Å². The molecule has 0 aromatic rings. The van der Waals surface area contributed by atoms with Crippen molar-refractivity contribution in [2.45, 2.75) is 37.4 Å². The number of hydrogen-bond donors (Lipinski definition) is 5. The number of rotatable bonds is 7. The van der Waals surface area contributed by atoms with Crippen molar-refractivity contribution in [2.24, 2.45) is 5.73 Å². The highest BCUT2D eigenvalue weighted by atomic mass is 16.6. The van der Waals surface area contributed by atoms with E-state index in [9.17, 15) is 19.8 Å². The van der Waals surface area contributed by atoms with E-state index >= 15 is 0 Å². The summed E-state index contributed by atoms with van der Waals surface area (Å²) in [6.45, 7) is 0.510. The molecule has 0 heterocycles. The number of aldehydes is 1. The smallest absolute Gasteiger partial charge is 0.326 e. The van der Waals surface area contributed by atoms with E-state index < -0.39 is 43.0 Å². The van der Waals surface area contributed by atoms with Gasteiger partial charge in [-0.25, -0.2) is 0 Å². The number of aliphatic hydroxyl groups excluding tert-OH is 4. The summed E-state index contributed by atoms with van der Waals surface area (Å²) in [6, 6.07) is -1.34. The first-order valence-electron chi connectivity index (χ1n) is 4.91. The van der Waals surface area contributed by atoms with Crippen molar-refractivity contribution >= 4 is 12.3 Å². The highest BCUT2D eigenvalue weighted by Gasteiger charge is 2.32. The van der Waals surface area contributed by atoms with E-state index in [0.29, 0.717) is 0 Å². The third-order valence-electron chi connectivity index (χ3n) is 2.07. The molecule has 0 radical (unpaired) electrons. The number of nitrogens with two attached hydrogens (primary N) is 1. The van der Waals surface area contributed by atoms with E-state index in [1.54, 1.807) is 0 Å². The second kappa shape index (κ2) is 7.30. The zero-order chi connectivity index (χ0) is 13.6. The van der Waals surface area contributed by atoms with Gasteiger partial charge in [-0.05, 0) is 6.92 Å². The molecular formula is C9H17NO7. The summed E-state index contributed by atoms with van der Waals surface area (Å²) >= 11 is 0. The first kappa shape index (κ1) is 15.9. The van der Waals surface area contributed by atoms with Gasteiger partial charge in [-0.15, -0.1) is 0 Å². The minimum absolute atomic E-state index is 0.0955. The fourth-order valence-electron chi connectivity index (χ4n) is 0.954. The van der Waals surface area contributed by atoms with Crippen molar-refractivity contribution in [2.75, 3.05) is 6.61 Å². The second-order valence-electron chi connectivity index (χ2n) is 3.55. The molecule has 8 nitrogen and oxygen atoms in total. The lowest BCUT2D eigenvalue weighted by Gasteiger charge is -2.25. The molecule has 0 fully saturated rings. The molecule has 0 spiro atoms. The normalized spacial score (nSPS) is 19.9. The monoisotopic (exact) mass is 251 g/mol. The van der Waals surface area contributed by atoms with E-state index in [-0.39, 0.29) is 6.29 Å². The Kier molecular flexibility index (Phi) is 6.85. The maximum absolute atomic E-state index is 11.1. The van der Waals surface area contributed by atoms with Crippen LogP contribution in [0.2, 0.25) is 0 Å². The largest absolute Gasteiger partial charge is 0.451 e. The van der Waals surface area contributed by atoms with E-state index in [4.69, 9.17) is 15.9 Å². The molecule has 0 aliphatic rings. The third-order valence-corrected chi connectivity index (χ3v) is 2.07. The molecule has 0 aromatic carbocycles. The zero-order valence-corrected chi connectivity index (χ0v) is 9.26. The highest BCUT2D eigenvalue weighted by Crippen LogP contribution is 2.07. The molecule has 0 aliphatic carbocycles. The number of carbonyl (C=O) groups excluding carboxylic acids is 2. The second-order valence-corrected chi connectivity index (χ2v) is 3.55. The topological polar surface area (TPSA) is 150 Å². The Bertz CT molecular complexity index is 258. The molecule has 5 atom stereocenters. The number of esters is 1. The van der Waals surface area contributed by atoms with E-state index in [2.05, 4.69) is 4.74 Å². The molecule has 0 aliphatic heterocycles. The maximum atomic E-state index is 11.1. The van der Waals surface area contributed by atoms with Gasteiger partial charge in [-0.2, -0.15) is 0 Å². The van der Waals surface area contributed by atoms with Crippen LogP contribution in [0.3, 0.4) is 0 Å². The first-order valence-corrected chi connectivity index (χ1v) is 4.91. The summed E-state index contributed by atoms with van der Waals surface area (Å²) in [5.41, 5.74) is 5.12. The fraction of sp³-hybridized carbons (Fsp3) is 0.778. The number of carbonyl (C=O) groups is 2. The lowest BCUT2D eigenvalue weighted by molar-refractivity contribution is -0.168. The van der Waals surface area contributed by atoms with Crippen LogP contribution in [0.25, 0.3) is 0 Å². The number of ether oxygens (including phenoxy) is 1. The minimum atomic E-state index is -1.78. The summed E-state index contributed by atoms with van der Waals surface area (Å²) in [4.78, 5) is 21.7. The lowest BCUT2D eigenvalue weighted by Crippen LogP contribution is -2.48. The van der Waals surface area contributed by atoms with Crippen molar-refractivity contribution in [3.63, 3.8) is 0 Å².